The summed E-state index contributed by atoms with van der Waals surface area (Å²) in [6.07, 6.45) is -1.94. The first-order valence-electron chi connectivity index (χ1n) is 8.77. The van der Waals surface area contributed by atoms with E-state index in [-0.39, 0.29) is 28.6 Å². The molecule has 3 N–H and O–H groups in total. The molecule has 0 amide bonds. The fourth-order valence-corrected chi connectivity index (χ4v) is 2.56. The van der Waals surface area contributed by atoms with Gasteiger partial charge < -0.3 is 20.2 Å². The standard InChI is InChI=1S/C19H20F3N5O2/c1-10(2)8-25-14-7-11(4-5-24-14)16-15(27-18(29-16)19(20,21)22)12-6-13(28-3)17(23)26-9-12/h4-7,9-10H,8H2,1-3H3,(H2,23,26)(H,24,25). The summed E-state index contributed by atoms with van der Waals surface area (Å²) < 4.78 is 50.0. The maximum Gasteiger partial charge on any atom is 0.468 e. The molecule has 0 saturated heterocycles. The second kappa shape index (κ2) is 7.98. The lowest BCUT2D eigenvalue weighted by Crippen LogP contribution is -2.08. The minimum absolute atomic E-state index is 0.0239. The van der Waals surface area contributed by atoms with Crippen molar-refractivity contribution in [2.24, 2.45) is 5.92 Å². The number of ether oxygens (including phenoxy) is 1. The van der Waals surface area contributed by atoms with Gasteiger partial charge in [-0.3, -0.25) is 0 Å². The molecular formula is C19H20F3N5O2. The molecule has 0 aromatic carbocycles. The number of pyridine rings is 2. The minimum Gasteiger partial charge on any atom is -0.493 e. The van der Waals surface area contributed by atoms with Crippen molar-refractivity contribution in [2.75, 3.05) is 24.7 Å². The Morgan fingerprint density at radius 3 is 2.62 bits per heavy atom. The molecule has 0 radical (unpaired) electrons. The summed E-state index contributed by atoms with van der Waals surface area (Å²) in [6, 6.07) is 4.62. The molecule has 154 valence electrons. The van der Waals surface area contributed by atoms with E-state index in [9.17, 15) is 13.2 Å². The van der Waals surface area contributed by atoms with Gasteiger partial charge in [0, 0.05) is 30.1 Å². The number of rotatable bonds is 6. The Morgan fingerprint density at radius 2 is 1.97 bits per heavy atom. The molecule has 3 aromatic heterocycles. The molecule has 3 aromatic rings. The van der Waals surface area contributed by atoms with E-state index in [2.05, 4.69) is 20.3 Å². The second-order valence-corrected chi connectivity index (χ2v) is 6.71. The van der Waals surface area contributed by atoms with E-state index in [1.54, 1.807) is 12.1 Å². The zero-order chi connectivity index (χ0) is 21.2. The first kappa shape index (κ1) is 20.4. The van der Waals surface area contributed by atoms with E-state index in [1.165, 1.54) is 25.6 Å². The van der Waals surface area contributed by atoms with E-state index in [0.717, 1.165) is 0 Å². The van der Waals surface area contributed by atoms with Crippen LogP contribution in [0.25, 0.3) is 22.6 Å². The average Bonchev–Trinajstić information content (AvgIpc) is 3.13. The third-order valence-electron chi connectivity index (χ3n) is 3.96. The van der Waals surface area contributed by atoms with Crippen molar-refractivity contribution in [3.63, 3.8) is 0 Å². The number of alkyl halides is 3. The van der Waals surface area contributed by atoms with Crippen LogP contribution >= 0.6 is 0 Å². The van der Waals surface area contributed by atoms with Gasteiger partial charge >= 0.3 is 12.1 Å². The lowest BCUT2D eigenvalue weighted by molar-refractivity contribution is -0.156. The first-order valence-corrected chi connectivity index (χ1v) is 8.77. The van der Waals surface area contributed by atoms with Gasteiger partial charge in [0.05, 0.1) is 7.11 Å². The molecule has 0 atom stereocenters. The third-order valence-corrected chi connectivity index (χ3v) is 3.96. The van der Waals surface area contributed by atoms with Crippen LogP contribution in [0.4, 0.5) is 24.8 Å². The van der Waals surface area contributed by atoms with Crippen molar-refractivity contribution in [1.82, 2.24) is 15.0 Å². The van der Waals surface area contributed by atoms with Gasteiger partial charge in [-0.1, -0.05) is 13.8 Å². The Balaban J connectivity index is 2.11. The van der Waals surface area contributed by atoms with E-state index in [0.29, 0.717) is 23.8 Å². The highest BCUT2D eigenvalue weighted by molar-refractivity contribution is 5.78. The fourth-order valence-electron chi connectivity index (χ4n) is 2.56. The summed E-state index contributed by atoms with van der Waals surface area (Å²) in [4.78, 5) is 11.8. The molecule has 0 aliphatic rings. The number of nitrogens with one attached hydrogen (secondary N) is 1. The molecule has 29 heavy (non-hydrogen) atoms. The average molecular weight is 407 g/mol. The third kappa shape index (κ3) is 4.58. The van der Waals surface area contributed by atoms with Crippen LogP contribution < -0.4 is 15.8 Å². The van der Waals surface area contributed by atoms with E-state index in [4.69, 9.17) is 14.9 Å². The van der Waals surface area contributed by atoms with Crippen molar-refractivity contribution < 1.29 is 22.3 Å². The number of nitrogens with two attached hydrogens (primary N) is 1. The quantitative estimate of drug-likeness (QED) is 0.622. The van der Waals surface area contributed by atoms with Gasteiger partial charge in [0.1, 0.15) is 11.5 Å². The van der Waals surface area contributed by atoms with Gasteiger partial charge in [-0.2, -0.15) is 13.2 Å². The van der Waals surface area contributed by atoms with Crippen molar-refractivity contribution in [3.05, 3.63) is 36.5 Å². The van der Waals surface area contributed by atoms with Crippen LogP contribution in [0.5, 0.6) is 5.75 Å². The second-order valence-electron chi connectivity index (χ2n) is 6.71. The van der Waals surface area contributed by atoms with Crippen LogP contribution in [-0.2, 0) is 6.18 Å². The van der Waals surface area contributed by atoms with Crippen molar-refractivity contribution in [1.29, 1.82) is 0 Å². The van der Waals surface area contributed by atoms with Crippen LogP contribution in [0.2, 0.25) is 0 Å². The molecule has 7 nitrogen and oxygen atoms in total. The molecule has 3 rings (SSSR count). The molecular weight excluding hydrogens is 387 g/mol. The fraction of sp³-hybridized carbons (Fsp3) is 0.316. The summed E-state index contributed by atoms with van der Waals surface area (Å²) in [5, 5.41) is 3.13. The molecule has 0 aliphatic carbocycles. The summed E-state index contributed by atoms with van der Waals surface area (Å²) >= 11 is 0. The SMILES string of the molecule is COc1cc(-c2nc(C(F)(F)F)oc2-c2ccnc(NCC(C)C)c2)cnc1N. The molecule has 0 unspecified atom stereocenters. The van der Waals surface area contributed by atoms with Crippen LogP contribution in [0.3, 0.4) is 0 Å². The Labute approximate surface area is 165 Å². The number of anilines is 2. The van der Waals surface area contributed by atoms with Gasteiger partial charge in [0.15, 0.2) is 17.3 Å². The van der Waals surface area contributed by atoms with Gasteiger partial charge in [-0.05, 0) is 24.1 Å². The van der Waals surface area contributed by atoms with E-state index in [1.807, 2.05) is 13.8 Å². The summed E-state index contributed by atoms with van der Waals surface area (Å²) in [5.41, 5.74) is 6.34. The predicted molar refractivity (Wildman–Crippen MR) is 102 cm³/mol. The molecule has 0 saturated carbocycles. The highest BCUT2D eigenvalue weighted by Crippen LogP contribution is 2.39. The Morgan fingerprint density at radius 1 is 1.21 bits per heavy atom. The maximum absolute atomic E-state index is 13.3. The number of aromatic nitrogens is 3. The molecule has 0 fully saturated rings. The highest BCUT2D eigenvalue weighted by atomic mass is 19.4. The molecule has 0 aliphatic heterocycles. The summed E-state index contributed by atoms with van der Waals surface area (Å²) in [5.74, 6) is -0.195. The number of hydrogen-bond donors (Lipinski definition) is 2. The number of nitrogens with zero attached hydrogens (tertiary/aromatic N) is 3. The van der Waals surface area contributed by atoms with Crippen LogP contribution in [0, 0.1) is 5.92 Å². The maximum atomic E-state index is 13.3. The zero-order valence-corrected chi connectivity index (χ0v) is 16.0. The van der Waals surface area contributed by atoms with Crippen LogP contribution in [0.1, 0.15) is 19.7 Å². The molecule has 0 bridgehead atoms. The van der Waals surface area contributed by atoms with E-state index < -0.39 is 12.1 Å². The smallest absolute Gasteiger partial charge is 0.468 e. The van der Waals surface area contributed by atoms with Crippen molar-refractivity contribution in [3.8, 4) is 28.3 Å². The number of oxazole rings is 1. The Bertz CT molecular complexity index is 1000. The zero-order valence-electron chi connectivity index (χ0n) is 16.0. The van der Waals surface area contributed by atoms with Crippen LogP contribution in [0.15, 0.2) is 35.0 Å². The van der Waals surface area contributed by atoms with Gasteiger partial charge in [-0.15, -0.1) is 0 Å². The summed E-state index contributed by atoms with van der Waals surface area (Å²) in [7, 11) is 1.39. The number of methoxy groups -OCH3 is 1. The monoisotopic (exact) mass is 407 g/mol. The van der Waals surface area contributed by atoms with Crippen molar-refractivity contribution >= 4 is 11.6 Å². The van der Waals surface area contributed by atoms with E-state index >= 15 is 0 Å². The largest absolute Gasteiger partial charge is 0.493 e. The Hall–Kier alpha value is -3.30. The Kier molecular flexibility index (Phi) is 5.62. The highest BCUT2D eigenvalue weighted by Gasteiger charge is 2.39. The van der Waals surface area contributed by atoms with Gasteiger partial charge in [0.25, 0.3) is 0 Å². The lowest BCUT2D eigenvalue weighted by atomic mass is 10.1. The summed E-state index contributed by atoms with van der Waals surface area (Å²) in [6.45, 7) is 4.72. The molecule has 0 spiro atoms. The number of halogens is 3. The van der Waals surface area contributed by atoms with Gasteiger partial charge in [0.2, 0.25) is 0 Å². The molecule has 3 heterocycles. The lowest BCUT2D eigenvalue weighted by Gasteiger charge is -2.09. The van der Waals surface area contributed by atoms with Gasteiger partial charge in [-0.25, -0.2) is 15.0 Å². The number of hydrogen-bond acceptors (Lipinski definition) is 7. The normalized spacial score (nSPS) is 11.7. The molecule has 10 heteroatoms. The first-order chi connectivity index (χ1) is 13.7. The topological polar surface area (TPSA) is 99.1 Å². The van der Waals surface area contributed by atoms with Crippen LogP contribution in [-0.4, -0.2) is 28.6 Å². The predicted octanol–water partition coefficient (Wildman–Crippen LogP) is 4.48. The van der Waals surface area contributed by atoms with Crippen molar-refractivity contribution in [2.45, 2.75) is 20.0 Å². The minimum atomic E-state index is -4.75. The number of nitrogen functional groups attached to an aromatic ring is 1.